The molecule has 0 radical (unpaired) electrons. The van der Waals surface area contributed by atoms with E-state index in [4.69, 9.17) is 20.8 Å². The predicted molar refractivity (Wildman–Crippen MR) is 80.4 cm³/mol. The SMILES string of the molecule is COc1cc(/C=C(\C#N)C(N)=O)cc(SCCC(=O)O)c1O. The van der Waals surface area contributed by atoms with Crippen LogP contribution in [-0.2, 0) is 9.59 Å². The molecule has 0 saturated heterocycles. The number of amides is 1. The number of nitrogens with two attached hydrogens (primary N) is 1. The van der Waals surface area contributed by atoms with E-state index in [-0.39, 0.29) is 29.2 Å². The summed E-state index contributed by atoms with van der Waals surface area (Å²) < 4.78 is 5.02. The van der Waals surface area contributed by atoms with E-state index in [1.54, 1.807) is 6.07 Å². The Morgan fingerprint density at radius 1 is 1.50 bits per heavy atom. The summed E-state index contributed by atoms with van der Waals surface area (Å²) in [6.45, 7) is 0. The Hall–Kier alpha value is -2.66. The standard InChI is InChI=1S/C14H14N2O5S/c1-21-10-5-8(4-9(7-15)14(16)20)6-11(13(10)19)22-3-2-12(17)18/h4-6,19H,2-3H2,1H3,(H2,16,20)(H,17,18)/b9-4+. The minimum Gasteiger partial charge on any atom is -0.503 e. The van der Waals surface area contributed by atoms with Crippen molar-refractivity contribution in [1.82, 2.24) is 0 Å². The van der Waals surface area contributed by atoms with Crippen LogP contribution in [-0.4, -0.2) is 35.0 Å². The number of rotatable bonds is 7. The number of phenolic OH excluding ortho intramolecular Hbond substituents is 1. The number of primary amides is 1. The fourth-order valence-corrected chi connectivity index (χ4v) is 2.48. The van der Waals surface area contributed by atoms with Crippen molar-refractivity contribution in [3.63, 3.8) is 0 Å². The van der Waals surface area contributed by atoms with Gasteiger partial charge in [-0.3, -0.25) is 9.59 Å². The van der Waals surface area contributed by atoms with E-state index < -0.39 is 11.9 Å². The van der Waals surface area contributed by atoms with Gasteiger partial charge in [0.25, 0.3) is 5.91 Å². The van der Waals surface area contributed by atoms with Crippen molar-refractivity contribution in [2.24, 2.45) is 5.73 Å². The average molecular weight is 322 g/mol. The number of carboxylic acid groups (broad SMARTS) is 1. The van der Waals surface area contributed by atoms with Crippen LogP contribution in [0.1, 0.15) is 12.0 Å². The lowest BCUT2D eigenvalue weighted by atomic mass is 10.1. The number of benzene rings is 1. The maximum Gasteiger partial charge on any atom is 0.304 e. The molecular formula is C14H14N2O5S. The fraction of sp³-hybridized carbons (Fsp3) is 0.214. The molecule has 8 heteroatoms. The summed E-state index contributed by atoms with van der Waals surface area (Å²) in [5.74, 6) is -1.55. The molecule has 0 unspecified atom stereocenters. The van der Waals surface area contributed by atoms with Crippen LogP contribution in [0.2, 0.25) is 0 Å². The molecule has 1 amide bonds. The van der Waals surface area contributed by atoms with Crippen molar-refractivity contribution >= 4 is 29.7 Å². The van der Waals surface area contributed by atoms with Gasteiger partial charge in [0, 0.05) is 5.75 Å². The number of carbonyl (C=O) groups excluding carboxylic acids is 1. The molecular weight excluding hydrogens is 308 g/mol. The van der Waals surface area contributed by atoms with E-state index in [1.807, 2.05) is 0 Å². The molecule has 1 rings (SSSR count). The predicted octanol–water partition coefficient (Wildman–Crippen LogP) is 1.36. The number of nitrogens with zero attached hydrogens (tertiary/aromatic N) is 1. The molecule has 0 aliphatic rings. The number of carbonyl (C=O) groups is 2. The Morgan fingerprint density at radius 3 is 2.68 bits per heavy atom. The van der Waals surface area contributed by atoms with Crippen LogP contribution in [0, 0.1) is 11.3 Å². The second kappa shape index (κ2) is 7.95. The number of nitriles is 1. The van der Waals surface area contributed by atoms with E-state index >= 15 is 0 Å². The van der Waals surface area contributed by atoms with Crippen molar-refractivity contribution in [2.75, 3.05) is 12.9 Å². The third-order valence-corrected chi connectivity index (χ3v) is 3.58. The summed E-state index contributed by atoms with van der Waals surface area (Å²) in [6, 6.07) is 4.64. The summed E-state index contributed by atoms with van der Waals surface area (Å²) in [5, 5.41) is 27.5. The Balaban J connectivity index is 3.17. The van der Waals surface area contributed by atoms with Crippen LogP contribution in [0.15, 0.2) is 22.6 Å². The monoisotopic (exact) mass is 322 g/mol. The smallest absolute Gasteiger partial charge is 0.304 e. The van der Waals surface area contributed by atoms with E-state index in [0.29, 0.717) is 10.5 Å². The summed E-state index contributed by atoms with van der Waals surface area (Å²) >= 11 is 1.12. The zero-order valence-electron chi connectivity index (χ0n) is 11.7. The number of aliphatic carboxylic acids is 1. The summed E-state index contributed by atoms with van der Waals surface area (Å²) in [6.07, 6.45) is 1.20. The maximum atomic E-state index is 11.1. The summed E-state index contributed by atoms with van der Waals surface area (Å²) in [4.78, 5) is 22.0. The number of phenols is 1. The Morgan fingerprint density at radius 2 is 2.18 bits per heavy atom. The second-order valence-corrected chi connectivity index (χ2v) is 5.23. The number of methoxy groups -OCH3 is 1. The van der Waals surface area contributed by atoms with Gasteiger partial charge in [0.15, 0.2) is 11.5 Å². The molecule has 0 bridgehead atoms. The van der Waals surface area contributed by atoms with Crippen LogP contribution in [0.25, 0.3) is 6.08 Å². The highest BCUT2D eigenvalue weighted by atomic mass is 32.2. The van der Waals surface area contributed by atoms with E-state index in [2.05, 4.69) is 0 Å². The Kier molecular flexibility index (Phi) is 6.28. The zero-order valence-corrected chi connectivity index (χ0v) is 12.5. The van der Waals surface area contributed by atoms with Crippen LogP contribution >= 0.6 is 11.8 Å². The van der Waals surface area contributed by atoms with Crippen molar-refractivity contribution in [2.45, 2.75) is 11.3 Å². The van der Waals surface area contributed by atoms with Gasteiger partial charge in [0.2, 0.25) is 0 Å². The first-order valence-corrected chi connectivity index (χ1v) is 7.04. The first kappa shape index (κ1) is 17.4. The molecule has 0 saturated carbocycles. The third-order valence-electron chi connectivity index (χ3n) is 2.55. The molecule has 0 atom stereocenters. The lowest BCUT2D eigenvalue weighted by Gasteiger charge is -2.10. The van der Waals surface area contributed by atoms with Gasteiger partial charge in [-0.25, -0.2) is 0 Å². The average Bonchev–Trinajstić information content (AvgIpc) is 2.46. The van der Waals surface area contributed by atoms with Crippen LogP contribution in [0.3, 0.4) is 0 Å². The Labute approximate surface area is 131 Å². The quantitative estimate of drug-likeness (QED) is 0.392. The Bertz CT molecular complexity index is 664. The molecule has 1 aromatic rings. The van der Waals surface area contributed by atoms with E-state index in [0.717, 1.165) is 11.8 Å². The van der Waals surface area contributed by atoms with Gasteiger partial charge in [0.1, 0.15) is 11.6 Å². The molecule has 1 aromatic carbocycles. The highest BCUT2D eigenvalue weighted by molar-refractivity contribution is 7.99. The highest BCUT2D eigenvalue weighted by Crippen LogP contribution is 2.38. The molecule has 0 heterocycles. The first-order chi connectivity index (χ1) is 10.4. The fourth-order valence-electron chi connectivity index (χ4n) is 1.52. The van der Waals surface area contributed by atoms with Gasteiger partial charge in [-0.15, -0.1) is 11.8 Å². The molecule has 0 fully saturated rings. The molecule has 4 N–H and O–H groups in total. The topological polar surface area (TPSA) is 134 Å². The summed E-state index contributed by atoms with van der Waals surface area (Å²) in [5.41, 5.74) is 5.26. The van der Waals surface area contributed by atoms with Gasteiger partial charge < -0.3 is 20.7 Å². The second-order valence-electron chi connectivity index (χ2n) is 4.10. The number of thioether (sulfide) groups is 1. The number of carboxylic acids is 1. The van der Waals surface area contributed by atoms with Gasteiger partial charge in [-0.1, -0.05) is 0 Å². The molecule has 0 aromatic heterocycles. The molecule has 0 spiro atoms. The van der Waals surface area contributed by atoms with E-state index in [9.17, 15) is 14.7 Å². The van der Waals surface area contributed by atoms with Crippen molar-refractivity contribution in [3.8, 4) is 17.6 Å². The lowest BCUT2D eigenvalue weighted by Crippen LogP contribution is -2.12. The van der Waals surface area contributed by atoms with Crippen LogP contribution in [0.5, 0.6) is 11.5 Å². The van der Waals surface area contributed by atoms with Gasteiger partial charge in [0.05, 0.1) is 18.4 Å². The molecule has 0 aliphatic carbocycles. The largest absolute Gasteiger partial charge is 0.503 e. The number of aromatic hydroxyl groups is 1. The number of hydrogen-bond acceptors (Lipinski definition) is 6. The minimum atomic E-state index is -0.949. The highest BCUT2D eigenvalue weighted by Gasteiger charge is 2.12. The lowest BCUT2D eigenvalue weighted by molar-refractivity contribution is -0.136. The number of ether oxygens (including phenoxy) is 1. The van der Waals surface area contributed by atoms with Gasteiger partial charge in [-0.05, 0) is 23.8 Å². The van der Waals surface area contributed by atoms with Crippen molar-refractivity contribution < 1.29 is 24.5 Å². The normalized spacial score (nSPS) is 10.8. The first-order valence-electron chi connectivity index (χ1n) is 6.06. The zero-order chi connectivity index (χ0) is 16.7. The molecule has 0 aliphatic heterocycles. The maximum absolute atomic E-state index is 11.1. The van der Waals surface area contributed by atoms with Gasteiger partial charge >= 0.3 is 5.97 Å². The van der Waals surface area contributed by atoms with Gasteiger partial charge in [-0.2, -0.15) is 5.26 Å². The molecule has 116 valence electrons. The van der Waals surface area contributed by atoms with Crippen molar-refractivity contribution in [1.29, 1.82) is 5.26 Å². The van der Waals surface area contributed by atoms with Crippen LogP contribution in [0.4, 0.5) is 0 Å². The summed E-state index contributed by atoms with van der Waals surface area (Å²) in [7, 11) is 1.35. The van der Waals surface area contributed by atoms with Crippen molar-refractivity contribution in [3.05, 3.63) is 23.3 Å². The minimum absolute atomic E-state index is 0.0722. The van der Waals surface area contributed by atoms with E-state index in [1.165, 1.54) is 25.3 Å². The molecule has 22 heavy (non-hydrogen) atoms. The third kappa shape index (κ3) is 4.71. The van der Waals surface area contributed by atoms with Crippen LogP contribution < -0.4 is 10.5 Å². The molecule has 7 nitrogen and oxygen atoms in total. The number of hydrogen-bond donors (Lipinski definition) is 3.